The van der Waals surface area contributed by atoms with E-state index in [0.29, 0.717) is 72.2 Å². The Kier molecular flexibility index (Phi) is 37.6. The lowest BCUT2D eigenvalue weighted by Crippen LogP contribution is -2.11. The summed E-state index contributed by atoms with van der Waals surface area (Å²) in [4.78, 5) is 99.7. The number of aryl methyl sites for hydroxylation is 3. The number of amides is 7. The second-order valence-electron chi connectivity index (χ2n) is 31.8. The van der Waals surface area contributed by atoms with Gasteiger partial charge in [0.15, 0.2) is 47.3 Å². The van der Waals surface area contributed by atoms with Crippen LogP contribution in [0.4, 0.5) is 44.6 Å². The monoisotopic (exact) mass is 2700 g/mol. The Morgan fingerprint density at radius 2 is 0.705 bits per heavy atom. The van der Waals surface area contributed by atoms with Gasteiger partial charge in [0, 0.05) is 77.5 Å². The number of hydrogen-bond donors (Lipinski definition) is 14. The number of aromatic hydroxyl groups is 7. The zero-order valence-electron chi connectivity index (χ0n) is 77.6. The van der Waals surface area contributed by atoms with Crippen LogP contribution in [0.2, 0.25) is 0 Å². The number of fused-ring (bicyclic) bond motifs is 6. The predicted octanol–water partition coefficient (Wildman–Crippen LogP) is 29.1. The fourth-order valence-electron chi connectivity index (χ4n) is 13.7. The molecular formula is C102H82BrI6N19O18. The van der Waals surface area contributed by atoms with E-state index in [2.05, 4.69) is 268 Å². The Morgan fingerprint density at radius 1 is 0.370 bits per heavy atom. The Balaban J connectivity index is 0.000000147. The van der Waals surface area contributed by atoms with E-state index >= 15 is 0 Å². The molecule has 6 aromatic heterocycles. The van der Waals surface area contributed by atoms with Crippen molar-refractivity contribution < 1.29 is 88.3 Å². The minimum Gasteiger partial charge on any atom is -0.507 e. The normalized spacial score (nSPS) is 11.3. The molecule has 0 unspecified atom stereocenters. The number of azo groups is 6. The summed E-state index contributed by atoms with van der Waals surface area (Å²) in [5.41, 5.74) is 12.4. The van der Waals surface area contributed by atoms with E-state index in [4.69, 9.17) is 18.9 Å². The molecule has 0 bridgehead atoms. The van der Waals surface area contributed by atoms with Crippen LogP contribution in [0.5, 0.6) is 64.0 Å². The van der Waals surface area contributed by atoms with Crippen molar-refractivity contribution in [2.45, 2.75) is 54.4 Å². The second-order valence-corrected chi connectivity index (χ2v) is 40.0. The topological polar surface area (TPSA) is 553 Å². The van der Waals surface area contributed by atoms with Crippen molar-refractivity contribution in [3.05, 3.63) is 307 Å². The van der Waals surface area contributed by atoms with Gasteiger partial charge in [0.05, 0.1) is 50.2 Å². The quantitative estimate of drug-likeness (QED) is 0.0264. The average molecular weight is 2700 g/mol. The Morgan fingerprint density at radius 3 is 1.07 bits per heavy atom. The Hall–Kier alpha value is -14.4. The number of carbonyl (C=O) groups is 7. The molecular weight excluding hydrogens is 2620 g/mol. The number of H-pyrrole nitrogens is 6. The molecule has 0 saturated heterocycles. The SMILES string of the molecule is CC(=O)Nc1ccc(OC(=O)N=Nc2c(O)[nH]c3ccc(I)cc23)cc1.COc1ccc(OCC(=O)N=Nc2c(O)[nH]c3ccc(I)cc23)cc1.Cc1cc(C(C)C)c(OCC(=O)N=Nc2c(O)[nH]c3ccc(I)cc23)c(Br)c1C.Cc1ccc(C(=O)N=Nc2c(O)[nH]c3ccc(I)cc23)c(O)c1.Cc1ccc(C(=O)N=Nc2c(O)[nH]c3ccc(I)cc23)cc1.O=C(N=Nc1c(O)[nH]c2ccc(I)cc12)c1ccccc1. The largest absolute Gasteiger partial charge is 0.507 e. The van der Waals surface area contributed by atoms with Gasteiger partial charge in [-0.05, 0) is 401 Å². The number of hydrogen-bond acceptors (Lipinski definition) is 24. The fraction of sp³-hybridized carbons (Fsp3) is 0.108. The first kappa shape index (κ1) is 109. The van der Waals surface area contributed by atoms with E-state index in [0.717, 1.165) is 81.0 Å². The van der Waals surface area contributed by atoms with Gasteiger partial charge in [-0.15, -0.1) is 56.3 Å². The molecule has 742 valence electrons. The summed E-state index contributed by atoms with van der Waals surface area (Å²) in [6.45, 7) is 12.8. The summed E-state index contributed by atoms with van der Waals surface area (Å²) < 4.78 is 28.0. The van der Waals surface area contributed by atoms with Gasteiger partial charge in [-0.1, -0.05) is 67.0 Å². The van der Waals surface area contributed by atoms with Crippen molar-refractivity contribution in [2.75, 3.05) is 25.6 Å². The number of phenols is 1. The van der Waals surface area contributed by atoms with Gasteiger partial charge in [-0.25, -0.2) is 4.79 Å². The highest BCUT2D eigenvalue weighted by Crippen LogP contribution is 2.45. The number of nitrogens with zero attached hydrogens (tertiary/aromatic N) is 12. The van der Waals surface area contributed by atoms with Gasteiger partial charge >= 0.3 is 17.9 Å². The Labute approximate surface area is 919 Å². The van der Waals surface area contributed by atoms with E-state index in [1.807, 2.05) is 142 Å². The van der Waals surface area contributed by atoms with Crippen LogP contribution in [0.25, 0.3) is 65.4 Å². The zero-order valence-corrected chi connectivity index (χ0v) is 92.2. The number of rotatable bonds is 19. The van der Waals surface area contributed by atoms with Crippen LogP contribution in [-0.4, -0.2) is 128 Å². The van der Waals surface area contributed by atoms with Crippen LogP contribution in [0, 0.1) is 49.1 Å². The van der Waals surface area contributed by atoms with Crippen molar-refractivity contribution in [1.82, 2.24) is 29.9 Å². The maximum absolute atomic E-state index is 12.3. The van der Waals surface area contributed by atoms with Gasteiger partial charge < -0.3 is 89.9 Å². The number of halogens is 7. The standard InChI is InChI=1S/C21H21BrIN3O3.C17H13IN4O4.C17H14IN3O4.C16H12IN3O3.C16H12IN3O2.C15H10IN3O2/c1-10(2)14-7-11(3)12(4)18(22)20(14)29-9-17(27)25-26-19-15-8-13(23)5-6-16(15)24-21(19)28;1-9(23)19-11-3-5-12(6-4-11)26-17(25)22-21-15-13-8-10(18)2-7-14(13)20-16(15)24;1-24-11-3-5-12(6-4-11)25-9-15(22)20-21-16-13-8-10(18)2-7-14(13)19-17(16)23;1-8-2-4-10(13(21)6-8)15(22)20-19-14-11-7-9(17)3-5-12(11)18-16(14)23;1-9-2-4-10(5-3-9)15(21)20-19-14-12-8-11(17)6-7-13(12)18-16(14)22;16-10-6-7-12-11(8-10)13(15(21)17-12)18-19-14(20)9-4-2-1-3-5-9/h5-8,10,24,28H,9H2,1-4H3;2-8,20,24H,1H3,(H,19,23);2-8,19,23H,9H2,1H3;2-7,18,21,23H,1H3;2-8,18,22H,1H3;1-8,17,21H. The highest BCUT2D eigenvalue weighted by Gasteiger charge is 2.23. The summed E-state index contributed by atoms with van der Waals surface area (Å²) in [5.74, 6) is -1.46. The van der Waals surface area contributed by atoms with E-state index in [-0.39, 0.29) is 112 Å². The van der Waals surface area contributed by atoms with Crippen LogP contribution in [-0.2, 0) is 14.4 Å². The molecule has 6 heterocycles. The number of aromatic nitrogens is 6. The van der Waals surface area contributed by atoms with Crippen LogP contribution in [0.1, 0.15) is 85.6 Å². The van der Waals surface area contributed by atoms with Crippen molar-refractivity contribution in [2.24, 2.45) is 61.4 Å². The molecule has 18 rings (SSSR count). The number of ether oxygens (including phenoxy) is 4. The highest BCUT2D eigenvalue weighted by atomic mass is 127. The second kappa shape index (κ2) is 50.4. The predicted molar refractivity (Wildman–Crippen MR) is 605 cm³/mol. The number of phenolic OH excluding ortho intramolecular Hbond substituents is 1. The number of carbonyl (C=O) groups excluding carboxylic acids is 7. The molecule has 0 spiro atoms. The molecule has 18 aromatic rings. The van der Waals surface area contributed by atoms with Crippen LogP contribution >= 0.6 is 151 Å². The van der Waals surface area contributed by atoms with Gasteiger partial charge in [0.2, 0.25) is 41.2 Å². The van der Waals surface area contributed by atoms with Crippen molar-refractivity contribution in [1.29, 1.82) is 0 Å². The molecule has 146 heavy (non-hydrogen) atoms. The molecule has 0 aliphatic rings. The third-order valence-electron chi connectivity index (χ3n) is 21.0. The minimum absolute atomic E-state index is 0.0632. The molecule has 0 aliphatic heterocycles. The van der Waals surface area contributed by atoms with Crippen molar-refractivity contribution >= 4 is 298 Å². The van der Waals surface area contributed by atoms with Crippen LogP contribution in [0.3, 0.4) is 0 Å². The summed E-state index contributed by atoms with van der Waals surface area (Å²) in [6.07, 6.45) is -0.934. The first-order valence-corrected chi connectivity index (χ1v) is 50.5. The lowest BCUT2D eigenvalue weighted by molar-refractivity contribution is -0.121. The van der Waals surface area contributed by atoms with Gasteiger partial charge in [-0.3, -0.25) is 28.8 Å². The summed E-state index contributed by atoms with van der Waals surface area (Å²) in [6, 6.07) is 69.0. The third kappa shape index (κ3) is 28.9. The minimum atomic E-state index is -0.934. The lowest BCUT2D eigenvalue weighted by atomic mass is 9.97. The molecule has 0 saturated carbocycles. The summed E-state index contributed by atoms with van der Waals surface area (Å²) in [5, 5.41) is 121. The molecule has 0 fully saturated rings. The van der Waals surface area contributed by atoms with E-state index in [1.54, 1.807) is 99.0 Å². The van der Waals surface area contributed by atoms with E-state index in [1.165, 1.54) is 31.2 Å². The smallest absolute Gasteiger partial charge is 0.457 e. The third-order valence-corrected chi connectivity index (χ3v) is 26.0. The molecule has 44 heteroatoms. The van der Waals surface area contributed by atoms with Gasteiger partial charge in [0.1, 0.15) is 28.7 Å². The van der Waals surface area contributed by atoms with Crippen molar-refractivity contribution in [3.63, 3.8) is 0 Å². The first-order valence-electron chi connectivity index (χ1n) is 43.2. The molecule has 12 aromatic carbocycles. The van der Waals surface area contributed by atoms with E-state index < -0.39 is 35.6 Å². The van der Waals surface area contributed by atoms with Gasteiger partial charge in [-0.2, -0.15) is 0 Å². The van der Waals surface area contributed by atoms with Crippen LogP contribution in [0.15, 0.2) is 302 Å². The number of anilines is 1. The number of nitrogens with one attached hydrogen (secondary N) is 7. The average Bonchev–Trinajstić information content (AvgIpc) is 1.56. The molecule has 7 amide bonds. The highest BCUT2D eigenvalue weighted by molar-refractivity contribution is 14.1. The van der Waals surface area contributed by atoms with E-state index in [9.17, 15) is 69.3 Å². The maximum atomic E-state index is 12.3. The number of aromatic amines is 6. The Bertz CT molecular complexity index is 8190. The molecule has 14 N–H and O–H groups in total. The molecule has 0 atom stereocenters. The summed E-state index contributed by atoms with van der Waals surface area (Å²) in [7, 11) is 1.57. The van der Waals surface area contributed by atoms with Gasteiger partial charge in [0.25, 0.3) is 17.7 Å². The maximum Gasteiger partial charge on any atom is 0.457 e. The molecule has 0 aliphatic carbocycles. The zero-order chi connectivity index (χ0) is 105. The lowest BCUT2D eigenvalue weighted by Gasteiger charge is -2.18. The van der Waals surface area contributed by atoms with Crippen LogP contribution < -0.4 is 24.3 Å². The number of methoxy groups -OCH3 is 1. The fourth-order valence-corrected chi connectivity index (χ4v) is 17.3. The first-order chi connectivity index (χ1) is 69.8. The number of benzene rings is 12. The molecule has 0 radical (unpaired) electrons. The van der Waals surface area contributed by atoms with Crippen molar-refractivity contribution in [3.8, 4) is 64.0 Å². The summed E-state index contributed by atoms with van der Waals surface area (Å²) >= 11 is 16.5. The molecule has 37 nitrogen and oxygen atoms in total.